The van der Waals surface area contributed by atoms with Gasteiger partial charge in [0.2, 0.25) is 17.1 Å². The van der Waals surface area contributed by atoms with Crippen molar-refractivity contribution in [1.82, 2.24) is 19.6 Å². The Labute approximate surface area is 204 Å². The molecule has 0 aromatic carbocycles. The second-order valence-electron chi connectivity index (χ2n) is 7.03. The van der Waals surface area contributed by atoms with Gasteiger partial charge in [-0.1, -0.05) is 5.16 Å². The predicted molar refractivity (Wildman–Crippen MR) is 119 cm³/mol. The lowest BCUT2D eigenvalue weighted by Gasteiger charge is -2.48. The van der Waals surface area contributed by atoms with Crippen LogP contribution in [-0.4, -0.2) is 94.2 Å². The number of nitrogens with one attached hydrogen (secondary N) is 1. The first-order chi connectivity index (χ1) is 16.0. The molecule has 0 aliphatic carbocycles. The number of thioether (sulfide) groups is 1. The number of hydrogen-bond donors (Lipinski definition) is 6. The third-order valence-corrected chi connectivity index (χ3v) is 5.83. The molecule has 17 nitrogen and oxygen atoms in total. The van der Waals surface area contributed by atoms with Crippen LogP contribution in [0.25, 0.3) is 0 Å². The van der Waals surface area contributed by atoms with Gasteiger partial charge in [-0.05, 0) is 19.9 Å². The molecule has 2 atom stereocenters. The van der Waals surface area contributed by atoms with Gasteiger partial charge in [0, 0.05) is 17.3 Å². The van der Waals surface area contributed by atoms with Crippen LogP contribution in [0.5, 0.6) is 0 Å². The lowest BCUT2D eigenvalue weighted by Crippen LogP contribution is -2.70. The molecule has 2 unspecified atom stereocenters. The van der Waals surface area contributed by atoms with Crippen LogP contribution >= 0.6 is 23.3 Å². The highest BCUT2D eigenvalue weighted by atomic mass is 32.3. The molecule has 0 radical (unpaired) electrons. The molecule has 20 heteroatoms. The molecule has 1 aromatic heterocycles. The molecule has 1 fully saturated rings. The number of nitrogens with two attached hydrogens (primary N) is 1. The van der Waals surface area contributed by atoms with Gasteiger partial charge < -0.3 is 26.1 Å². The molecule has 35 heavy (non-hydrogen) atoms. The van der Waals surface area contributed by atoms with Crippen molar-refractivity contribution in [2.45, 2.75) is 30.9 Å². The summed E-state index contributed by atoms with van der Waals surface area (Å²) in [5.41, 5.74) is 3.16. The van der Waals surface area contributed by atoms with Crippen molar-refractivity contribution >= 4 is 68.3 Å². The van der Waals surface area contributed by atoms with Crippen LogP contribution in [0.1, 0.15) is 19.7 Å². The molecular weight excluding hydrogens is 536 g/mol. The van der Waals surface area contributed by atoms with Crippen molar-refractivity contribution in [1.29, 1.82) is 0 Å². The molecule has 3 heterocycles. The van der Waals surface area contributed by atoms with Gasteiger partial charge in [0.05, 0.1) is 0 Å². The maximum Gasteiger partial charge on any atom is 0.394 e. The zero-order valence-corrected chi connectivity index (χ0v) is 20.1. The van der Waals surface area contributed by atoms with Crippen LogP contribution in [-0.2, 0) is 34.4 Å². The van der Waals surface area contributed by atoms with Crippen molar-refractivity contribution in [3.05, 3.63) is 17.6 Å². The zero-order chi connectivity index (χ0) is 26.7. The van der Waals surface area contributed by atoms with Gasteiger partial charge in [0.15, 0.2) is 5.13 Å². The normalized spacial score (nSPS) is 19.9. The molecule has 0 spiro atoms. The van der Waals surface area contributed by atoms with Gasteiger partial charge in [-0.25, -0.2) is 9.59 Å². The molecule has 2 aliphatic heterocycles. The molecule has 2 amide bonds. The Hall–Kier alpha value is -3.33. The lowest BCUT2D eigenvalue weighted by atomic mass is 10.0. The van der Waals surface area contributed by atoms with Crippen molar-refractivity contribution < 1.29 is 51.8 Å². The SMILES string of the molecule is CC(C)(O/N=C(\C(=O)NC1C(=O)N2C(C(=O)O)=CCSC12)c1nsc(N)n1)C(=O)O.O=S(=O)(O)O. The van der Waals surface area contributed by atoms with Crippen molar-refractivity contribution in [3.8, 4) is 0 Å². The Morgan fingerprint density at radius 2 is 1.91 bits per heavy atom. The molecule has 192 valence electrons. The summed E-state index contributed by atoms with van der Waals surface area (Å²) in [6, 6.07) is -1.01. The molecule has 7 N–H and O–H groups in total. The minimum atomic E-state index is -4.67. The number of anilines is 1. The van der Waals surface area contributed by atoms with E-state index >= 15 is 0 Å². The molecule has 0 bridgehead atoms. The third kappa shape index (κ3) is 7.08. The standard InChI is InChI=1S/C15H16N6O7S2.H2O4S/c1-15(2,13(26)27)28-19-6(8-18-14(16)30-20-8)9(22)17-7-10(23)21-5(12(24)25)3-4-29-11(7)21;1-5(2,3)4/h3,7,11H,4H2,1-2H3,(H,17,22)(H,24,25)(H,26,27)(H2,16,18,20);(H2,1,2,3,4)/b19-6-;. The van der Waals surface area contributed by atoms with Crippen LogP contribution in [0.15, 0.2) is 16.9 Å². The van der Waals surface area contributed by atoms with E-state index in [4.69, 9.17) is 33.2 Å². The maximum atomic E-state index is 12.8. The van der Waals surface area contributed by atoms with Gasteiger partial charge in [-0.15, -0.1) is 11.8 Å². The van der Waals surface area contributed by atoms with E-state index in [1.165, 1.54) is 31.7 Å². The van der Waals surface area contributed by atoms with Crippen LogP contribution in [0.2, 0.25) is 0 Å². The Kier molecular flexibility index (Phi) is 8.39. The topological polar surface area (TPSA) is 272 Å². The van der Waals surface area contributed by atoms with Gasteiger partial charge >= 0.3 is 22.3 Å². The monoisotopic (exact) mass is 554 g/mol. The first-order valence-corrected chi connectivity index (χ1v) is 12.2. The number of nitrogens with zero attached hydrogens (tertiary/aromatic N) is 4. The Balaban J connectivity index is 0.000000784. The summed E-state index contributed by atoms with van der Waals surface area (Å²) in [5.74, 6) is -3.93. The van der Waals surface area contributed by atoms with Crippen molar-refractivity contribution in [2.24, 2.45) is 5.16 Å². The second-order valence-corrected chi connectivity index (χ2v) is 9.86. The average Bonchev–Trinajstić information content (AvgIpc) is 3.15. The predicted octanol–water partition coefficient (Wildman–Crippen LogP) is -1.58. The van der Waals surface area contributed by atoms with Gasteiger partial charge in [-0.3, -0.25) is 23.6 Å². The smallest absolute Gasteiger partial charge is 0.394 e. The minimum Gasteiger partial charge on any atom is -0.478 e. The summed E-state index contributed by atoms with van der Waals surface area (Å²) in [6.07, 6.45) is 1.41. The highest BCUT2D eigenvalue weighted by Crippen LogP contribution is 2.37. The molecule has 0 saturated carbocycles. The highest BCUT2D eigenvalue weighted by molar-refractivity contribution is 8.00. The first kappa shape index (κ1) is 27.9. The Morgan fingerprint density at radius 3 is 2.40 bits per heavy atom. The van der Waals surface area contributed by atoms with E-state index in [-0.39, 0.29) is 16.7 Å². The zero-order valence-electron chi connectivity index (χ0n) is 17.7. The van der Waals surface area contributed by atoms with Crippen molar-refractivity contribution in [3.63, 3.8) is 0 Å². The van der Waals surface area contributed by atoms with Crippen LogP contribution in [0.3, 0.4) is 0 Å². The third-order valence-electron chi connectivity index (χ3n) is 4.10. The van der Waals surface area contributed by atoms with E-state index in [9.17, 15) is 24.3 Å². The number of hydrogen-bond acceptors (Lipinski definition) is 13. The second kappa shape index (κ2) is 10.5. The largest absolute Gasteiger partial charge is 0.478 e. The number of nitrogen functional groups attached to an aromatic ring is 1. The Bertz CT molecular complexity index is 1200. The van der Waals surface area contributed by atoms with Gasteiger partial charge in [-0.2, -0.15) is 17.8 Å². The molecule has 2 aliphatic rings. The number of aliphatic carboxylic acids is 2. The summed E-state index contributed by atoms with van der Waals surface area (Å²) < 4.78 is 35.5. The van der Waals surface area contributed by atoms with Crippen LogP contribution < -0.4 is 11.1 Å². The Morgan fingerprint density at radius 1 is 1.31 bits per heavy atom. The molecule has 3 rings (SSSR count). The van der Waals surface area contributed by atoms with E-state index in [1.807, 2.05) is 0 Å². The number of carboxylic acid groups (broad SMARTS) is 2. The van der Waals surface area contributed by atoms with E-state index in [1.54, 1.807) is 0 Å². The van der Waals surface area contributed by atoms with E-state index in [2.05, 4.69) is 19.8 Å². The highest BCUT2D eigenvalue weighted by Gasteiger charge is 2.53. The maximum absolute atomic E-state index is 12.8. The summed E-state index contributed by atoms with van der Waals surface area (Å²) in [4.78, 5) is 57.6. The number of oxime groups is 1. The summed E-state index contributed by atoms with van der Waals surface area (Å²) >= 11 is 2.06. The van der Waals surface area contributed by atoms with Crippen molar-refractivity contribution in [2.75, 3.05) is 11.5 Å². The average molecular weight is 555 g/mol. The fraction of sp³-hybridized carbons (Fsp3) is 0.400. The van der Waals surface area contributed by atoms with Crippen LogP contribution in [0, 0.1) is 0 Å². The summed E-state index contributed by atoms with van der Waals surface area (Å²) in [6.45, 7) is 2.45. The summed E-state index contributed by atoms with van der Waals surface area (Å²) in [5, 5.41) is 23.8. The quantitative estimate of drug-likeness (QED) is 0.0960. The number of fused-ring (bicyclic) bond motifs is 1. The van der Waals surface area contributed by atoms with Gasteiger partial charge in [0.1, 0.15) is 17.1 Å². The number of carbonyl (C=O) groups excluding carboxylic acids is 2. The number of rotatable bonds is 7. The number of amides is 2. The molecule has 1 saturated heterocycles. The van der Waals surface area contributed by atoms with Crippen LogP contribution in [0.4, 0.5) is 5.13 Å². The fourth-order valence-electron chi connectivity index (χ4n) is 2.46. The summed E-state index contributed by atoms with van der Waals surface area (Å²) in [7, 11) is -4.67. The minimum absolute atomic E-state index is 0.0352. The number of carbonyl (C=O) groups is 4. The van der Waals surface area contributed by atoms with E-state index < -0.39 is 56.9 Å². The first-order valence-electron chi connectivity index (χ1n) is 9.01. The van der Waals surface area contributed by atoms with Gasteiger partial charge in [0.25, 0.3) is 11.8 Å². The van der Waals surface area contributed by atoms with E-state index in [0.29, 0.717) is 5.75 Å². The fourth-order valence-corrected chi connectivity index (χ4v) is 4.09. The molecular formula is C15H18N6O11S3. The number of carboxylic acids is 2. The lowest BCUT2D eigenvalue weighted by molar-refractivity contribution is -0.161. The van der Waals surface area contributed by atoms with E-state index in [0.717, 1.165) is 16.4 Å². The molecule has 1 aromatic rings. The number of β-lactam (4-membered cyclic amide) rings is 1. The number of aromatic nitrogens is 2.